The van der Waals surface area contributed by atoms with Gasteiger partial charge in [0, 0.05) is 25.0 Å². The summed E-state index contributed by atoms with van der Waals surface area (Å²) in [5, 5.41) is 13.7. The third-order valence-electron chi connectivity index (χ3n) is 6.45. The number of amides is 1. The monoisotopic (exact) mass is 432 g/mol. The number of carbonyl (C=O) groups is 1. The van der Waals surface area contributed by atoms with Crippen LogP contribution in [-0.2, 0) is 4.79 Å². The number of aliphatic imine (C=N–C) groups is 1. The molecule has 6 heteroatoms. The minimum Gasteiger partial charge on any atom is -0.394 e. The van der Waals surface area contributed by atoms with Gasteiger partial charge in [-0.2, -0.15) is 0 Å². The summed E-state index contributed by atoms with van der Waals surface area (Å²) in [6.07, 6.45) is 13.4. The van der Waals surface area contributed by atoms with Gasteiger partial charge in [0.1, 0.15) is 6.17 Å². The fourth-order valence-corrected chi connectivity index (χ4v) is 4.47. The van der Waals surface area contributed by atoms with E-state index in [4.69, 9.17) is 0 Å². The molecule has 0 spiro atoms. The molecular formula is C25H44N4O2. The lowest BCUT2D eigenvalue weighted by Crippen LogP contribution is -2.53. The van der Waals surface area contributed by atoms with Crippen LogP contribution in [-0.4, -0.2) is 72.5 Å². The maximum atomic E-state index is 13.5. The summed E-state index contributed by atoms with van der Waals surface area (Å²) in [5.74, 6) is -0.0172. The van der Waals surface area contributed by atoms with Crippen LogP contribution in [0.1, 0.15) is 65.7 Å². The molecule has 2 N–H and O–H groups in total. The number of nitrogens with one attached hydrogen (secondary N) is 1. The van der Waals surface area contributed by atoms with Gasteiger partial charge >= 0.3 is 0 Å². The Hall–Kier alpha value is -1.66. The summed E-state index contributed by atoms with van der Waals surface area (Å²) in [6, 6.07) is 0.323. The largest absolute Gasteiger partial charge is 0.394 e. The zero-order chi connectivity index (χ0) is 23.0. The quantitative estimate of drug-likeness (QED) is 0.297. The summed E-state index contributed by atoms with van der Waals surface area (Å²) in [7, 11) is 3.89. The topological polar surface area (TPSA) is 68.2 Å². The smallest absolute Gasteiger partial charge is 0.230 e. The highest BCUT2D eigenvalue weighted by Gasteiger charge is 2.32. The second-order valence-electron chi connectivity index (χ2n) is 10.4. The first-order chi connectivity index (χ1) is 14.7. The molecule has 1 fully saturated rings. The van der Waals surface area contributed by atoms with Crippen LogP contribution < -0.4 is 5.32 Å². The molecule has 0 aromatic rings. The van der Waals surface area contributed by atoms with E-state index in [1.807, 2.05) is 17.2 Å². The minimum absolute atomic E-state index is 0.00490. The van der Waals surface area contributed by atoms with Crippen LogP contribution in [0.5, 0.6) is 0 Å². The van der Waals surface area contributed by atoms with Crippen LogP contribution in [0.4, 0.5) is 0 Å². The fraction of sp³-hybridized carbons (Fsp3) is 0.760. The number of nitrogens with zero attached hydrogens (tertiary/aromatic N) is 3. The van der Waals surface area contributed by atoms with Crippen molar-refractivity contribution >= 4 is 12.1 Å². The Bertz CT molecular complexity index is 648. The minimum atomic E-state index is -0.232. The second-order valence-corrected chi connectivity index (χ2v) is 10.4. The van der Waals surface area contributed by atoms with Gasteiger partial charge in [0.2, 0.25) is 5.91 Å². The fourth-order valence-electron chi connectivity index (χ4n) is 4.47. The van der Waals surface area contributed by atoms with Crippen LogP contribution >= 0.6 is 0 Å². The zero-order valence-corrected chi connectivity index (χ0v) is 20.3. The number of aliphatic hydroxyl groups is 1. The molecule has 31 heavy (non-hydrogen) atoms. The third kappa shape index (κ3) is 7.76. The molecule has 2 aliphatic carbocycles. The summed E-state index contributed by atoms with van der Waals surface area (Å²) in [6.45, 7) is 11.0. The van der Waals surface area contributed by atoms with E-state index in [-0.39, 0.29) is 36.1 Å². The molecule has 2 rings (SSSR count). The Morgan fingerprint density at radius 2 is 2.03 bits per heavy atom. The number of allylic oxidation sites excluding steroid dienone is 1. The standard InChI is InChI=1S/C25H44N4O2/c1-19(27-23(16-26-5)28(6)21-13-10-14-21)17-29(22(18-30)15-25(2,3)4)24(31)20-11-8-7-9-12-20/h8,11,16,20-23,27,30H,1,7,9-10,12-15,17-18H2,2-6H3/t20-,22-,23?/m1/s1. The van der Waals surface area contributed by atoms with Crippen molar-refractivity contribution in [3.63, 3.8) is 0 Å². The van der Waals surface area contributed by atoms with Crippen LogP contribution in [0.15, 0.2) is 29.4 Å². The molecule has 0 aliphatic heterocycles. The first-order valence-electron chi connectivity index (χ1n) is 11.8. The highest BCUT2D eigenvalue weighted by atomic mass is 16.3. The van der Waals surface area contributed by atoms with Crippen LogP contribution in [0, 0.1) is 11.3 Å². The highest BCUT2D eigenvalue weighted by molar-refractivity contribution is 5.81. The van der Waals surface area contributed by atoms with Gasteiger partial charge in [0.25, 0.3) is 0 Å². The van der Waals surface area contributed by atoms with Gasteiger partial charge in [0.05, 0.1) is 25.1 Å². The van der Waals surface area contributed by atoms with Crippen molar-refractivity contribution in [1.82, 2.24) is 15.1 Å². The van der Waals surface area contributed by atoms with E-state index in [0.29, 0.717) is 12.6 Å². The lowest BCUT2D eigenvalue weighted by Gasteiger charge is -2.41. The van der Waals surface area contributed by atoms with Gasteiger partial charge in [-0.25, -0.2) is 0 Å². The molecule has 0 aromatic carbocycles. The van der Waals surface area contributed by atoms with Crippen molar-refractivity contribution in [2.24, 2.45) is 16.3 Å². The Morgan fingerprint density at radius 1 is 1.32 bits per heavy atom. The first kappa shape index (κ1) is 25.6. The molecule has 2 aliphatic rings. The van der Waals surface area contributed by atoms with Crippen molar-refractivity contribution < 1.29 is 9.90 Å². The van der Waals surface area contributed by atoms with Crippen molar-refractivity contribution in [2.75, 3.05) is 27.2 Å². The number of hydrogen-bond donors (Lipinski definition) is 2. The second kappa shape index (κ2) is 11.8. The maximum absolute atomic E-state index is 13.5. The molecule has 1 unspecified atom stereocenters. The van der Waals surface area contributed by atoms with Gasteiger partial charge < -0.3 is 15.3 Å². The predicted octanol–water partition coefficient (Wildman–Crippen LogP) is 3.58. The maximum Gasteiger partial charge on any atom is 0.230 e. The summed E-state index contributed by atoms with van der Waals surface area (Å²) < 4.78 is 0. The summed E-state index contributed by atoms with van der Waals surface area (Å²) in [5.41, 5.74) is 0.780. The van der Waals surface area contributed by atoms with Crippen molar-refractivity contribution in [1.29, 1.82) is 0 Å². The number of aliphatic hydroxyl groups excluding tert-OH is 1. The molecule has 1 saturated carbocycles. The Morgan fingerprint density at radius 3 is 2.52 bits per heavy atom. The van der Waals surface area contributed by atoms with E-state index in [2.05, 4.69) is 55.7 Å². The van der Waals surface area contributed by atoms with Crippen molar-refractivity contribution in [2.45, 2.75) is 84.0 Å². The van der Waals surface area contributed by atoms with Crippen LogP contribution in [0.3, 0.4) is 0 Å². The average Bonchev–Trinajstić information content (AvgIpc) is 2.68. The molecule has 0 saturated heterocycles. The molecular weight excluding hydrogens is 388 g/mol. The van der Waals surface area contributed by atoms with Crippen molar-refractivity contribution in [3.05, 3.63) is 24.4 Å². The van der Waals surface area contributed by atoms with E-state index >= 15 is 0 Å². The molecule has 3 atom stereocenters. The Balaban J connectivity index is 2.15. The predicted molar refractivity (Wildman–Crippen MR) is 129 cm³/mol. The number of rotatable bonds is 11. The van der Waals surface area contributed by atoms with E-state index < -0.39 is 0 Å². The van der Waals surface area contributed by atoms with Gasteiger partial charge in [-0.3, -0.25) is 14.7 Å². The molecule has 1 amide bonds. The molecule has 0 heterocycles. The van der Waals surface area contributed by atoms with E-state index in [0.717, 1.165) is 31.4 Å². The molecule has 6 nitrogen and oxygen atoms in total. The van der Waals surface area contributed by atoms with Gasteiger partial charge in [-0.1, -0.05) is 45.9 Å². The normalized spacial score (nSPS) is 21.7. The number of carbonyl (C=O) groups excluding carboxylic acids is 1. The summed E-state index contributed by atoms with van der Waals surface area (Å²) >= 11 is 0. The molecule has 176 valence electrons. The van der Waals surface area contributed by atoms with Gasteiger partial charge in [-0.15, -0.1) is 0 Å². The van der Waals surface area contributed by atoms with Crippen LogP contribution in [0.2, 0.25) is 0 Å². The number of hydrogen-bond acceptors (Lipinski definition) is 5. The Kier molecular flexibility index (Phi) is 9.76. The zero-order valence-electron chi connectivity index (χ0n) is 20.3. The summed E-state index contributed by atoms with van der Waals surface area (Å²) in [4.78, 5) is 21.9. The van der Waals surface area contributed by atoms with Crippen LogP contribution in [0.25, 0.3) is 0 Å². The SMILES string of the molecule is C=C(CN(C(=O)[C@@H]1C=CCCC1)[C@@H](CO)CC(C)(C)C)NC(C=NC)N(C)C1CCC1. The highest BCUT2D eigenvalue weighted by Crippen LogP contribution is 2.28. The first-order valence-corrected chi connectivity index (χ1v) is 11.8. The van der Waals surface area contributed by atoms with E-state index in [1.54, 1.807) is 7.05 Å². The molecule has 0 bridgehead atoms. The molecule has 0 aromatic heterocycles. The average molecular weight is 433 g/mol. The lowest BCUT2D eigenvalue weighted by molar-refractivity contribution is -0.138. The third-order valence-corrected chi connectivity index (χ3v) is 6.45. The van der Waals surface area contributed by atoms with Gasteiger partial charge in [0.15, 0.2) is 0 Å². The van der Waals surface area contributed by atoms with Gasteiger partial charge in [-0.05, 0) is 51.0 Å². The Labute approximate surface area is 189 Å². The lowest BCUT2D eigenvalue weighted by atomic mass is 9.86. The van der Waals surface area contributed by atoms with Crippen molar-refractivity contribution in [3.8, 4) is 0 Å². The van der Waals surface area contributed by atoms with E-state index in [1.165, 1.54) is 19.3 Å². The van der Waals surface area contributed by atoms with E-state index in [9.17, 15) is 9.90 Å². The molecule has 0 radical (unpaired) electrons.